The minimum Gasteiger partial charge on any atom is -0.312 e. The Morgan fingerprint density at radius 3 is 2.00 bits per heavy atom. The van der Waals surface area contributed by atoms with Gasteiger partial charge in [-0.15, -0.1) is 0 Å². The van der Waals surface area contributed by atoms with Crippen molar-refractivity contribution < 1.29 is 0 Å². The molecule has 92 valence electrons. The molecule has 0 heterocycles. The second-order valence-electron chi connectivity index (χ2n) is 6.26. The molecule has 1 atom stereocenters. The molecule has 0 aromatic heterocycles. The largest absolute Gasteiger partial charge is 0.312 e. The highest BCUT2D eigenvalue weighted by Crippen LogP contribution is 2.17. The van der Waals surface area contributed by atoms with Gasteiger partial charge in [0.15, 0.2) is 0 Å². The molecule has 0 aromatic carbocycles. The van der Waals surface area contributed by atoms with Crippen molar-refractivity contribution in [1.82, 2.24) is 5.32 Å². The summed E-state index contributed by atoms with van der Waals surface area (Å²) in [6, 6.07) is 0. The van der Waals surface area contributed by atoms with Gasteiger partial charge in [0.25, 0.3) is 0 Å². The van der Waals surface area contributed by atoms with Gasteiger partial charge in [0.1, 0.15) is 0 Å². The molecule has 0 saturated heterocycles. The second kappa shape index (κ2) is 7.27. The first kappa shape index (κ1) is 15.0. The van der Waals surface area contributed by atoms with E-state index < -0.39 is 0 Å². The maximum Gasteiger partial charge on any atom is 0.00966 e. The molecule has 0 amide bonds. The Hall–Kier alpha value is -0.0400. The molecule has 0 aliphatic carbocycles. The molecule has 1 heteroatoms. The summed E-state index contributed by atoms with van der Waals surface area (Å²) in [4.78, 5) is 0. The van der Waals surface area contributed by atoms with Crippen LogP contribution in [-0.4, -0.2) is 12.1 Å². The third kappa shape index (κ3) is 10.2. The average Bonchev–Trinajstić information content (AvgIpc) is 2.08. The van der Waals surface area contributed by atoms with E-state index in [4.69, 9.17) is 0 Å². The lowest BCUT2D eigenvalue weighted by Crippen LogP contribution is -2.39. The van der Waals surface area contributed by atoms with Crippen LogP contribution in [0.2, 0.25) is 0 Å². The quantitative estimate of drug-likeness (QED) is 0.667. The molecule has 0 bridgehead atoms. The van der Waals surface area contributed by atoms with Crippen LogP contribution in [0, 0.1) is 11.8 Å². The van der Waals surface area contributed by atoms with Crippen molar-refractivity contribution >= 4 is 0 Å². The maximum absolute atomic E-state index is 3.63. The molecule has 0 aliphatic heterocycles. The first-order valence-corrected chi connectivity index (χ1v) is 6.60. The fourth-order valence-corrected chi connectivity index (χ4v) is 1.78. The summed E-state index contributed by atoms with van der Waals surface area (Å²) in [5.74, 6) is 1.72. The van der Waals surface area contributed by atoms with Gasteiger partial charge in [-0.05, 0) is 52.0 Å². The molecule has 15 heavy (non-hydrogen) atoms. The third-order valence-electron chi connectivity index (χ3n) is 2.77. The monoisotopic (exact) mass is 213 g/mol. The van der Waals surface area contributed by atoms with Gasteiger partial charge in [-0.2, -0.15) is 0 Å². The molecule has 0 rings (SSSR count). The minimum atomic E-state index is 0.268. The Labute approximate surface area is 97.0 Å². The van der Waals surface area contributed by atoms with E-state index in [1.165, 1.54) is 32.2 Å². The molecule has 0 fully saturated rings. The summed E-state index contributed by atoms with van der Waals surface area (Å²) in [7, 11) is 0. The molecular weight excluding hydrogens is 182 g/mol. The lowest BCUT2D eigenvalue weighted by molar-refractivity contribution is 0.327. The smallest absolute Gasteiger partial charge is 0.00966 e. The second-order valence-corrected chi connectivity index (χ2v) is 6.26. The summed E-state index contributed by atoms with van der Waals surface area (Å²) >= 11 is 0. The zero-order chi connectivity index (χ0) is 11.9. The maximum atomic E-state index is 3.63. The number of rotatable bonds is 7. The van der Waals surface area contributed by atoms with Gasteiger partial charge < -0.3 is 5.32 Å². The fourth-order valence-electron chi connectivity index (χ4n) is 1.78. The molecule has 1 nitrogen and oxygen atoms in total. The van der Waals surface area contributed by atoms with Crippen LogP contribution in [0.25, 0.3) is 0 Å². The third-order valence-corrected chi connectivity index (χ3v) is 2.77. The van der Waals surface area contributed by atoms with Gasteiger partial charge in [-0.25, -0.2) is 0 Å². The van der Waals surface area contributed by atoms with Crippen LogP contribution < -0.4 is 5.32 Å². The number of hydrogen-bond donors (Lipinski definition) is 1. The molecule has 0 aromatic rings. The van der Waals surface area contributed by atoms with Crippen LogP contribution in [0.4, 0.5) is 0 Å². The zero-order valence-corrected chi connectivity index (χ0v) is 11.7. The average molecular weight is 213 g/mol. The first-order valence-electron chi connectivity index (χ1n) is 6.60. The molecular formula is C14H31N. The van der Waals surface area contributed by atoms with E-state index in [1.54, 1.807) is 0 Å². The van der Waals surface area contributed by atoms with Crippen LogP contribution in [0.3, 0.4) is 0 Å². The van der Waals surface area contributed by atoms with Crippen molar-refractivity contribution in [2.45, 2.75) is 72.8 Å². The van der Waals surface area contributed by atoms with Gasteiger partial charge >= 0.3 is 0 Å². The van der Waals surface area contributed by atoms with Gasteiger partial charge in [0.2, 0.25) is 0 Å². The molecule has 0 spiro atoms. The van der Waals surface area contributed by atoms with Crippen molar-refractivity contribution in [3.8, 4) is 0 Å². The van der Waals surface area contributed by atoms with E-state index in [-0.39, 0.29) is 5.54 Å². The number of nitrogens with one attached hydrogen (secondary N) is 1. The predicted octanol–water partition coefficient (Wildman–Crippen LogP) is 4.23. The van der Waals surface area contributed by atoms with Crippen molar-refractivity contribution in [1.29, 1.82) is 0 Å². The summed E-state index contributed by atoms with van der Waals surface area (Å²) in [5, 5.41) is 3.63. The lowest BCUT2D eigenvalue weighted by atomic mass is 9.93. The lowest BCUT2D eigenvalue weighted by Gasteiger charge is -2.25. The molecule has 0 saturated carbocycles. The van der Waals surface area contributed by atoms with Crippen molar-refractivity contribution in [2.75, 3.05) is 6.54 Å². The predicted molar refractivity (Wildman–Crippen MR) is 70.2 cm³/mol. The summed E-state index contributed by atoms with van der Waals surface area (Å²) in [6.45, 7) is 14.9. The molecule has 1 unspecified atom stereocenters. The van der Waals surface area contributed by atoms with E-state index in [2.05, 4.69) is 46.9 Å². The van der Waals surface area contributed by atoms with Crippen LogP contribution in [0.5, 0.6) is 0 Å². The summed E-state index contributed by atoms with van der Waals surface area (Å²) < 4.78 is 0. The van der Waals surface area contributed by atoms with E-state index in [0.29, 0.717) is 0 Å². The Morgan fingerprint density at radius 2 is 1.60 bits per heavy atom. The molecule has 0 radical (unpaired) electrons. The van der Waals surface area contributed by atoms with Gasteiger partial charge in [0, 0.05) is 5.54 Å². The molecule has 1 N–H and O–H groups in total. The number of hydrogen-bond acceptors (Lipinski definition) is 1. The van der Waals surface area contributed by atoms with E-state index in [1.807, 2.05) is 0 Å². The fraction of sp³-hybridized carbons (Fsp3) is 1.00. The minimum absolute atomic E-state index is 0.268. The SMILES string of the molecule is CCCC(CCC(C)C)CNC(C)(C)C. The van der Waals surface area contributed by atoms with Gasteiger partial charge in [-0.1, -0.05) is 33.6 Å². The van der Waals surface area contributed by atoms with Crippen molar-refractivity contribution in [3.05, 3.63) is 0 Å². The van der Waals surface area contributed by atoms with Crippen LogP contribution in [-0.2, 0) is 0 Å². The Kier molecular flexibility index (Phi) is 7.25. The highest BCUT2D eigenvalue weighted by Gasteiger charge is 2.13. The van der Waals surface area contributed by atoms with Gasteiger partial charge in [-0.3, -0.25) is 0 Å². The van der Waals surface area contributed by atoms with Crippen molar-refractivity contribution in [3.63, 3.8) is 0 Å². The van der Waals surface area contributed by atoms with Crippen LogP contribution in [0.1, 0.15) is 67.2 Å². The summed E-state index contributed by atoms with van der Waals surface area (Å²) in [6.07, 6.45) is 5.44. The Morgan fingerprint density at radius 1 is 1.00 bits per heavy atom. The molecule has 0 aliphatic rings. The van der Waals surface area contributed by atoms with Gasteiger partial charge in [0.05, 0.1) is 0 Å². The Balaban J connectivity index is 3.82. The standard InChI is InChI=1S/C14H31N/c1-7-8-13(10-9-12(2)3)11-15-14(4,5)6/h12-13,15H,7-11H2,1-6H3. The highest BCUT2D eigenvalue weighted by molar-refractivity contribution is 4.73. The van der Waals surface area contributed by atoms with E-state index >= 15 is 0 Å². The zero-order valence-electron chi connectivity index (χ0n) is 11.7. The van der Waals surface area contributed by atoms with E-state index in [0.717, 1.165) is 11.8 Å². The normalized spacial score (nSPS) is 14.6. The van der Waals surface area contributed by atoms with Crippen LogP contribution in [0.15, 0.2) is 0 Å². The first-order chi connectivity index (χ1) is 6.85. The Bertz CT molecular complexity index is 144. The highest BCUT2D eigenvalue weighted by atomic mass is 14.9. The summed E-state index contributed by atoms with van der Waals surface area (Å²) in [5.41, 5.74) is 0.268. The van der Waals surface area contributed by atoms with E-state index in [9.17, 15) is 0 Å². The van der Waals surface area contributed by atoms with Crippen molar-refractivity contribution in [2.24, 2.45) is 11.8 Å². The van der Waals surface area contributed by atoms with Crippen LogP contribution >= 0.6 is 0 Å². The topological polar surface area (TPSA) is 12.0 Å².